The first-order valence-electron chi connectivity index (χ1n) is 11.4. The summed E-state index contributed by atoms with van der Waals surface area (Å²) < 4.78 is 7.70. The topological polar surface area (TPSA) is 115 Å². The number of hydrogen-bond acceptors (Lipinski definition) is 7. The molecule has 2 N–H and O–H groups in total. The van der Waals surface area contributed by atoms with E-state index in [0.717, 1.165) is 47.6 Å². The number of aliphatic carboxylic acids is 1. The lowest BCUT2D eigenvalue weighted by atomic mass is 10.1. The van der Waals surface area contributed by atoms with E-state index < -0.39 is 12.0 Å². The van der Waals surface area contributed by atoms with Crippen LogP contribution in [-0.4, -0.2) is 49.0 Å². The highest BCUT2D eigenvalue weighted by molar-refractivity contribution is 5.81. The molecular weight excluding hydrogens is 432 g/mol. The molecular formula is C25H26N6O3. The van der Waals surface area contributed by atoms with Gasteiger partial charge in [0.2, 0.25) is 0 Å². The molecule has 1 aromatic carbocycles. The van der Waals surface area contributed by atoms with Crippen LogP contribution in [0.5, 0.6) is 5.75 Å². The molecule has 9 nitrogen and oxygen atoms in total. The van der Waals surface area contributed by atoms with Crippen LogP contribution < -0.4 is 10.1 Å². The van der Waals surface area contributed by atoms with Gasteiger partial charge in [0.25, 0.3) is 0 Å². The normalized spacial score (nSPS) is 13.8. The number of anilines is 1. The average Bonchev–Trinajstić information content (AvgIpc) is 3.26. The van der Waals surface area contributed by atoms with E-state index in [0.29, 0.717) is 24.4 Å². The van der Waals surface area contributed by atoms with Crippen molar-refractivity contribution in [3.8, 4) is 5.75 Å². The Labute approximate surface area is 196 Å². The maximum atomic E-state index is 11.5. The summed E-state index contributed by atoms with van der Waals surface area (Å²) in [5, 5.41) is 18.2. The number of aromatic nitrogens is 5. The summed E-state index contributed by atoms with van der Waals surface area (Å²) in [6.45, 7) is 3.27. The molecule has 34 heavy (non-hydrogen) atoms. The lowest BCUT2D eigenvalue weighted by Gasteiger charge is -2.17. The second-order valence-electron chi connectivity index (χ2n) is 8.43. The van der Waals surface area contributed by atoms with Crippen molar-refractivity contribution in [1.82, 2.24) is 24.7 Å². The summed E-state index contributed by atoms with van der Waals surface area (Å²) >= 11 is 0. The maximum absolute atomic E-state index is 11.5. The van der Waals surface area contributed by atoms with E-state index in [9.17, 15) is 9.90 Å². The van der Waals surface area contributed by atoms with E-state index in [1.807, 2.05) is 18.2 Å². The van der Waals surface area contributed by atoms with Crippen LogP contribution in [0.4, 0.5) is 5.82 Å². The Morgan fingerprint density at radius 3 is 2.88 bits per heavy atom. The number of carbonyl (C=O) groups is 1. The molecule has 0 spiro atoms. The number of rotatable bonds is 8. The van der Waals surface area contributed by atoms with Gasteiger partial charge in [-0.2, -0.15) is 5.10 Å². The fourth-order valence-corrected chi connectivity index (χ4v) is 4.24. The Balaban J connectivity index is 1.30. The van der Waals surface area contributed by atoms with Gasteiger partial charge in [-0.25, -0.2) is 15.0 Å². The number of pyridine rings is 1. The largest absolute Gasteiger partial charge is 0.493 e. The molecule has 174 valence electrons. The van der Waals surface area contributed by atoms with Crippen molar-refractivity contribution >= 4 is 22.7 Å². The fraction of sp³-hybridized carbons (Fsp3) is 0.320. The van der Waals surface area contributed by atoms with Crippen molar-refractivity contribution in [2.24, 2.45) is 0 Å². The molecule has 0 amide bonds. The molecule has 1 aliphatic rings. The highest BCUT2D eigenvalue weighted by Crippen LogP contribution is 2.28. The lowest BCUT2D eigenvalue weighted by Crippen LogP contribution is -2.17. The van der Waals surface area contributed by atoms with Crippen LogP contribution in [0.15, 0.2) is 48.9 Å². The van der Waals surface area contributed by atoms with E-state index >= 15 is 0 Å². The first kappa shape index (κ1) is 21.8. The minimum absolute atomic E-state index is 0.121. The van der Waals surface area contributed by atoms with Gasteiger partial charge < -0.3 is 15.2 Å². The van der Waals surface area contributed by atoms with Crippen LogP contribution in [0.1, 0.15) is 41.5 Å². The van der Waals surface area contributed by atoms with Gasteiger partial charge in [0.1, 0.15) is 17.4 Å². The third-order valence-corrected chi connectivity index (χ3v) is 5.99. The van der Waals surface area contributed by atoms with Gasteiger partial charge >= 0.3 is 5.97 Å². The van der Waals surface area contributed by atoms with Gasteiger partial charge in [-0.1, -0.05) is 6.07 Å². The molecule has 3 aromatic heterocycles. The van der Waals surface area contributed by atoms with Gasteiger partial charge in [-0.05, 0) is 49.6 Å². The average molecular weight is 459 g/mol. The van der Waals surface area contributed by atoms with Crippen LogP contribution >= 0.6 is 0 Å². The number of ether oxygens (including phenoxy) is 1. The third kappa shape index (κ3) is 4.68. The molecule has 4 aromatic rings. The standard InChI is InChI=1S/C25H26N6O3/c1-16-27-13-19(14-28-16)23(12-24(32)33)31-22-7-6-21(11-18(22)15-29-31)34-10-8-20-5-4-17-3-2-9-26-25(17)30-20/h4-7,11,13-15,23H,2-3,8-10,12H2,1H3,(H,26,30)(H,32,33). The minimum atomic E-state index is -0.917. The Kier molecular flexibility index (Phi) is 6.07. The zero-order chi connectivity index (χ0) is 23.5. The molecule has 0 bridgehead atoms. The Morgan fingerprint density at radius 2 is 2.06 bits per heavy atom. The van der Waals surface area contributed by atoms with Crippen molar-refractivity contribution < 1.29 is 14.6 Å². The minimum Gasteiger partial charge on any atom is -0.493 e. The highest BCUT2D eigenvalue weighted by atomic mass is 16.5. The van der Waals surface area contributed by atoms with Gasteiger partial charge in [0.05, 0.1) is 30.8 Å². The van der Waals surface area contributed by atoms with Crippen molar-refractivity contribution in [2.75, 3.05) is 18.5 Å². The van der Waals surface area contributed by atoms with Crippen LogP contribution in [0.3, 0.4) is 0 Å². The van der Waals surface area contributed by atoms with Crippen molar-refractivity contribution in [1.29, 1.82) is 0 Å². The molecule has 0 aliphatic carbocycles. The van der Waals surface area contributed by atoms with Crippen molar-refractivity contribution in [2.45, 2.75) is 38.6 Å². The SMILES string of the molecule is Cc1ncc(C(CC(=O)O)n2ncc3cc(OCCc4ccc5c(n4)NCCC5)ccc32)cn1. The van der Waals surface area contributed by atoms with E-state index in [-0.39, 0.29) is 6.42 Å². The Bertz CT molecular complexity index is 1320. The van der Waals surface area contributed by atoms with E-state index in [1.54, 1.807) is 30.2 Å². The van der Waals surface area contributed by atoms with Gasteiger partial charge in [-0.15, -0.1) is 0 Å². The molecule has 5 rings (SSSR count). The molecule has 4 heterocycles. The van der Waals surface area contributed by atoms with Crippen LogP contribution in [0.2, 0.25) is 0 Å². The molecule has 1 unspecified atom stereocenters. The number of carboxylic acid groups (broad SMARTS) is 1. The van der Waals surface area contributed by atoms with E-state index in [1.165, 1.54) is 5.56 Å². The van der Waals surface area contributed by atoms with Crippen molar-refractivity contribution in [3.05, 3.63) is 71.6 Å². The van der Waals surface area contributed by atoms with Crippen LogP contribution in [-0.2, 0) is 17.6 Å². The quantitative estimate of drug-likeness (QED) is 0.412. The summed E-state index contributed by atoms with van der Waals surface area (Å²) in [6, 6.07) is 9.42. The number of nitrogens with one attached hydrogen (secondary N) is 1. The summed E-state index contributed by atoms with van der Waals surface area (Å²) in [7, 11) is 0. The summed E-state index contributed by atoms with van der Waals surface area (Å²) in [4.78, 5) is 24.7. The van der Waals surface area contributed by atoms with Crippen molar-refractivity contribution in [3.63, 3.8) is 0 Å². The van der Waals surface area contributed by atoms with Crippen LogP contribution in [0, 0.1) is 6.92 Å². The summed E-state index contributed by atoms with van der Waals surface area (Å²) in [6.07, 6.45) is 7.85. The van der Waals surface area contributed by atoms with Gasteiger partial charge in [0.15, 0.2) is 0 Å². The predicted molar refractivity (Wildman–Crippen MR) is 127 cm³/mol. The second kappa shape index (κ2) is 9.46. The number of benzene rings is 1. The predicted octanol–water partition coefficient (Wildman–Crippen LogP) is 3.57. The highest BCUT2D eigenvalue weighted by Gasteiger charge is 2.21. The lowest BCUT2D eigenvalue weighted by molar-refractivity contribution is -0.137. The maximum Gasteiger partial charge on any atom is 0.305 e. The number of aryl methyl sites for hydroxylation is 2. The monoisotopic (exact) mass is 458 g/mol. The first-order chi connectivity index (χ1) is 16.6. The number of nitrogens with zero attached hydrogens (tertiary/aromatic N) is 5. The molecule has 0 saturated heterocycles. The zero-order valence-electron chi connectivity index (χ0n) is 18.9. The Morgan fingerprint density at radius 1 is 1.21 bits per heavy atom. The summed E-state index contributed by atoms with van der Waals surface area (Å²) in [5.41, 5.74) is 3.79. The van der Waals surface area contributed by atoms with E-state index in [4.69, 9.17) is 9.72 Å². The Hall–Kier alpha value is -4.01. The zero-order valence-corrected chi connectivity index (χ0v) is 18.9. The third-order valence-electron chi connectivity index (χ3n) is 5.99. The number of hydrogen-bond donors (Lipinski definition) is 2. The second-order valence-corrected chi connectivity index (χ2v) is 8.43. The molecule has 9 heteroatoms. The van der Waals surface area contributed by atoms with E-state index in [2.05, 4.69) is 32.5 Å². The smallest absolute Gasteiger partial charge is 0.305 e. The molecule has 0 saturated carbocycles. The van der Waals surface area contributed by atoms with Crippen LogP contribution in [0.25, 0.3) is 10.9 Å². The molecule has 1 aliphatic heterocycles. The number of fused-ring (bicyclic) bond motifs is 2. The fourth-order valence-electron chi connectivity index (χ4n) is 4.24. The van der Waals surface area contributed by atoms with Gasteiger partial charge in [-0.3, -0.25) is 9.48 Å². The molecule has 0 fully saturated rings. The summed E-state index contributed by atoms with van der Waals surface area (Å²) in [5.74, 6) is 1.44. The first-order valence-corrected chi connectivity index (χ1v) is 11.4. The number of carboxylic acids is 1. The molecule has 0 radical (unpaired) electrons. The molecule has 1 atom stereocenters. The van der Waals surface area contributed by atoms with Gasteiger partial charge in [0, 0.05) is 42.0 Å².